The molecule has 3 heterocycles. The van der Waals surface area contributed by atoms with Gasteiger partial charge in [-0.2, -0.15) is 0 Å². The van der Waals surface area contributed by atoms with Gasteiger partial charge in [0.2, 0.25) is 5.91 Å². The highest BCUT2D eigenvalue weighted by Crippen LogP contribution is 2.21. The van der Waals surface area contributed by atoms with Crippen LogP contribution in [0.15, 0.2) is 35.4 Å². The predicted octanol–water partition coefficient (Wildman–Crippen LogP) is 0.900. The second kappa shape index (κ2) is 7.52. The first kappa shape index (κ1) is 17.2. The van der Waals surface area contributed by atoms with Gasteiger partial charge in [-0.1, -0.05) is 0 Å². The molecule has 0 aliphatic carbocycles. The smallest absolute Gasteiger partial charge is 0.254 e. The molecule has 2 atom stereocenters. The minimum absolute atomic E-state index is 0.0263. The Morgan fingerprint density at radius 2 is 2.32 bits per heavy atom. The maximum absolute atomic E-state index is 12.5. The van der Waals surface area contributed by atoms with Gasteiger partial charge in [-0.15, -0.1) is 0 Å². The summed E-state index contributed by atoms with van der Waals surface area (Å²) in [6, 6.07) is 1.27. The largest absolute Gasteiger partial charge is 0.472 e. The minimum atomic E-state index is -0.304. The zero-order valence-corrected chi connectivity index (χ0v) is 14.4. The van der Waals surface area contributed by atoms with Crippen LogP contribution in [0.1, 0.15) is 36.5 Å². The number of hydrogen-bond acceptors (Lipinski definition) is 5. The van der Waals surface area contributed by atoms with E-state index in [1.54, 1.807) is 18.5 Å². The lowest BCUT2D eigenvalue weighted by Crippen LogP contribution is -2.45. The summed E-state index contributed by atoms with van der Waals surface area (Å²) in [5, 5.41) is 5.93. The van der Waals surface area contributed by atoms with Crippen molar-refractivity contribution in [1.82, 2.24) is 25.5 Å². The summed E-state index contributed by atoms with van der Waals surface area (Å²) in [5.41, 5.74) is 0.479. The molecule has 1 fully saturated rings. The Morgan fingerprint density at radius 1 is 1.48 bits per heavy atom. The molecule has 0 spiro atoms. The number of furan rings is 1. The summed E-state index contributed by atoms with van der Waals surface area (Å²) in [5.74, 6) is 0.576. The number of H-pyrrole nitrogens is 1. The summed E-state index contributed by atoms with van der Waals surface area (Å²) in [6.45, 7) is 4.98. The number of hydrogen-bond donors (Lipinski definition) is 3. The van der Waals surface area contributed by atoms with Gasteiger partial charge in [-0.3, -0.25) is 14.5 Å². The molecule has 0 aromatic carbocycles. The third-order valence-corrected chi connectivity index (χ3v) is 4.16. The summed E-state index contributed by atoms with van der Waals surface area (Å²) in [6.07, 6.45) is 6.88. The zero-order chi connectivity index (χ0) is 17.8. The van der Waals surface area contributed by atoms with E-state index in [1.807, 2.05) is 18.7 Å². The Labute approximate surface area is 146 Å². The van der Waals surface area contributed by atoms with E-state index in [1.165, 1.54) is 12.5 Å². The number of carbonyl (C=O) groups excluding carboxylic acids is 2. The van der Waals surface area contributed by atoms with Crippen LogP contribution in [0.3, 0.4) is 0 Å². The normalized spacial score (nSPS) is 20.8. The van der Waals surface area contributed by atoms with Gasteiger partial charge in [-0.25, -0.2) is 4.98 Å². The van der Waals surface area contributed by atoms with Crippen LogP contribution in [0.5, 0.6) is 0 Å². The minimum Gasteiger partial charge on any atom is -0.472 e. The van der Waals surface area contributed by atoms with Crippen LogP contribution in [0.4, 0.5) is 0 Å². The van der Waals surface area contributed by atoms with E-state index in [9.17, 15) is 9.59 Å². The molecule has 0 radical (unpaired) electrons. The number of aromatic nitrogens is 2. The molecule has 0 bridgehead atoms. The first-order valence-electron chi connectivity index (χ1n) is 8.38. The van der Waals surface area contributed by atoms with Crippen molar-refractivity contribution in [3.05, 3.63) is 42.4 Å². The summed E-state index contributed by atoms with van der Waals surface area (Å²) in [7, 11) is 0. The highest BCUT2D eigenvalue weighted by atomic mass is 16.3. The Bertz CT molecular complexity index is 696. The van der Waals surface area contributed by atoms with Crippen molar-refractivity contribution in [3.63, 3.8) is 0 Å². The highest BCUT2D eigenvalue weighted by Gasteiger charge is 2.38. The summed E-state index contributed by atoms with van der Waals surface area (Å²) in [4.78, 5) is 34.1. The standard InChI is InChI=1S/C17H23N5O3/c1-11(2)20-17(24)14-7-13(21-16(23)12-3-6-25-10-12)8-22(14)9-15-18-4-5-19-15/h3-6,10-11,13-14H,7-9H2,1-2H3,(H,18,19)(H,20,24)(H,21,23)/t13-,14+/m1/s1. The van der Waals surface area contributed by atoms with Crippen molar-refractivity contribution in [3.8, 4) is 0 Å². The van der Waals surface area contributed by atoms with Crippen molar-refractivity contribution in [2.75, 3.05) is 6.54 Å². The van der Waals surface area contributed by atoms with E-state index in [0.717, 1.165) is 5.82 Å². The lowest BCUT2D eigenvalue weighted by molar-refractivity contribution is -0.126. The first-order valence-corrected chi connectivity index (χ1v) is 8.38. The molecule has 0 unspecified atom stereocenters. The van der Waals surface area contributed by atoms with E-state index >= 15 is 0 Å². The lowest BCUT2D eigenvalue weighted by Gasteiger charge is -2.23. The van der Waals surface area contributed by atoms with Gasteiger partial charge in [0.05, 0.1) is 24.4 Å². The molecular weight excluding hydrogens is 322 g/mol. The third-order valence-electron chi connectivity index (χ3n) is 4.16. The highest BCUT2D eigenvalue weighted by molar-refractivity contribution is 5.94. The molecule has 2 aromatic rings. The van der Waals surface area contributed by atoms with Crippen molar-refractivity contribution in [2.24, 2.45) is 0 Å². The molecule has 2 aromatic heterocycles. The molecule has 0 saturated carbocycles. The number of nitrogens with one attached hydrogen (secondary N) is 3. The van der Waals surface area contributed by atoms with Crippen LogP contribution in [-0.2, 0) is 11.3 Å². The molecule has 8 nitrogen and oxygen atoms in total. The van der Waals surface area contributed by atoms with E-state index in [-0.39, 0.29) is 29.9 Å². The van der Waals surface area contributed by atoms with Crippen molar-refractivity contribution < 1.29 is 14.0 Å². The third kappa shape index (κ3) is 4.27. The van der Waals surface area contributed by atoms with Crippen molar-refractivity contribution in [2.45, 2.75) is 44.9 Å². The molecule has 1 aliphatic heterocycles. The maximum atomic E-state index is 12.5. The predicted molar refractivity (Wildman–Crippen MR) is 90.6 cm³/mol. The van der Waals surface area contributed by atoms with Crippen LogP contribution >= 0.6 is 0 Å². The van der Waals surface area contributed by atoms with E-state index in [0.29, 0.717) is 25.1 Å². The van der Waals surface area contributed by atoms with Gasteiger partial charge in [0.1, 0.15) is 12.1 Å². The Morgan fingerprint density at radius 3 is 2.96 bits per heavy atom. The molecule has 1 saturated heterocycles. The quantitative estimate of drug-likeness (QED) is 0.722. The fraction of sp³-hybridized carbons (Fsp3) is 0.471. The summed E-state index contributed by atoms with van der Waals surface area (Å²) >= 11 is 0. The van der Waals surface area contributed by atoms with Crippen LogP contribution in [0.25, 0.3) is 0 Å². The average Bonchev–Trinajstić information content (AvgIpc) is 3.28. The summed E-state index contributed by atoms with van der Waals surface area (Å²) < 4.78 is 4.95. The molecule has 8 heteroatoms. The number of carbonyl (C=O) groups is 2. The van der Waals surface area contributed by atoms with E-state index in [2.05, 4.69) is 20.6 Å². The molecule has 2 amide bonds. The molecule has 3 N–H and O–H groups in total. The first-order chi connectivity index (χ1) is 12.0. The molecule has 134 valence electrons. The van der Waals surface area contributed by atoms with Crippen molar-refractivity contribution in [1.29, 1.82) is 0 Å². The van der Waals surface area contributed by atoms with Crippen LogP contribution < -0.4 is 10.6 Å². The molecule has 25 heavy (non-hydrogen) atoms. The lowest BCUT2D eigenvalue weighted by atomic mass is 10.1. The van der Waals surface area contributed by atoms with Gasteiger partial charge < -0.3 is 20.0 Å². The van der Waals surface area contributed by atoms with Crippen molar-refractivity contribution >= 4 is 11.8 Å². The number of amides is 2. The number of rotatable bonds is 6. The maximum Gasteiger partial charge on any atom is 0.254 e. The Balaban J connectivity index is 1.68. The molecule has 3 rings (SSSR count). The van der Waals surface area contributed by atoms with E-state index in [4.69, 9.17) is 4.42 Å². The van der Waals surface area contributed by atoms with E-state index < -0.39 is 0 Å². The average molecular weight is 345 g/mol. The van der Waals surface area contributed by atoms with Crippen LogP contribution in [-0.4, -0.2) is 51.4 Å². The fourth-order valence-corrected chi connectivity index (χ4v) is 3.08. The topological polar surface area (TPSA) is 103 Å². The SMILES string of the molecule is CC(C)NC(=O)[C@@H]1C[C@@H](NC(=O)c2ccoc2)CN1Cc1ncc[nH]1. The molecule has 1 aliphatic rings. The van der Waals surface area contributed by atoms with Crippen LogP contribution in [0, 0.1) is 0 Å². The number of imidazole rings is 1. The van der Waals surface area contributed by atoms with Gasteiger partial charge >= 0.3 is 0 Å². The second-order valence-electron chi connectivity index (χ2n) is 6.56. The van der Waals surface area contributed by atoms with Gasteiger partial charge in [0, 0.05) is 31.0 Å². The number of nitrogens with zero attached hydrogens (tertiary/aromatic N) is 2. The van der Waals surface area contributed by atoms with Crippen LogP contribution in [0.2, 0.25) is 0 Å². The van der Waals surface area contributed by atoms with Gasteiger partial charge in [0.25, 0.3) is 5.91 Å². The fourth-order valence-electron chi connectivity index (χ4n) is 3.08. The second-order valence-corrected chi connectivity index (χ2v) is 6.56. The number of likely N-dealkylation sites (tertiary alicyclic amines) is 1. The van der Waals surface area contributed by atoms with Gasteiger partial charge in [-0.05, 0) is 26.3 Å². The number of aromatic amines is 1. The zero-order valence-electron chi connectivity index (χ0n) is 14.4. The Kier molecular flexibility index (Phi) is 5.18. The monoisotopic (exact) mass is 345 g/mol. The Hall–Kier alpha value is -2.61. The molecular formula is C17H23N5O3. The van der Waals surface area contributed by atoms with Gasteiger partial charge in [0.15, 0.2) is 0 Å².